The smallest absolute Gasteiger partial charge is 0.255 e. The molecule has 0 aromatic heterocycles. The van der Waals surface area contributed by atoms with E-state index in [0.717, 1.165) is 14.5 Å². The van der Waals surface area contributed by atoms with Crippen LogP contribution in [0, 0.1) is 0 Å². The molecular weight excluding hydrogens is 405 g/mol. The molecule has 0 aliphatic rings. The van der Waals surface area contributed by atoms with Gasteiger partial charge in [0, 0.05) is 22.5 Å². The maximum absolute atomic E-state index is 12.4. The molecule has 0 fully saturated rings. The van der Waals surface area contributed by atoms with E-state index >= 15 is 0 Å². The van der Waals surface area contributed by atoms with Crippen LogP contribution in [-0.2, 0) is 6.54 Å². The lowest BCUT2D eigenvalue weighted by Crippen LogP contribution is -2.26. The molecular formula is C15H12Br2ClNO. The lowest BCUT2D eigenvalue weighted by atomic mass is 10.1. The lowest BCUT2D eigenvalue weighted by molar-refractivity contribution is 0.0785. The fourth-order valence-electron chi connectivity index (χ4n) is 1.82. The second-order valence-electron chi connectivity index (χ2n) is 4.38. The van der Waals surface area contributed by atoms with Gasteiger partial charge in [0.1, 0.15) is 0 Å². The standard InChI is InChI=1S/C15H12Br2ClNO/c1-19(9-10-4-2-3-5-13(10)17)15(20)12-8-11(16)6-7-14(12)18/h2-8H,9H2,1H3. The highest BCUT2D eigenvalue weighted by atomic mass is 79.9. The van der Waals surface area contributed by atoms with Crippen LogP contribution < -0.4 is 0 Å². The Hall–Kier alpha value is -0.840. The zero-order valence-electron chi connectivity index (χ0n) is 10.7. The molecule has 0 spiro atoms. The molecule has 0 aliphatic carbocycles. The number of hydrogen-bond donors (Lipinski definition) is 0. The van der Waals surface area contributed by atoms with Gasteiger partial charge in [-0.05, 0) is 29.8 Å². The fraction of sp³-hybridized carbons (Fsp3) is 0.133. The van der Waals surface area contributed by atoms with Crippen molar-refractivity contribution in [2.45, 2.75) is 6.54 Å². The number of carbonyl (C=O) groups is 1. The van der Waals surface area contributed by atoms with Crippen LogP contribution >= 0.6 is 43.5 Å². The molecule has 104 valence electrons. The zero-order valence-corrected chi connectivity index (χ0v) is 14.7. The van der Waals surface area contributed by atoms with Crippen LogP contribution in [0.5, 0.6) is 0 Å². The molecule has 20 heavy (non-hydrogen) atoms. The maximum Gasteiger partial charge on any atom is 0.255 e. The minimum Gasteiger partial charge on any atom is -0.337 e. The van der Waals surface area contributed by atoms with E-state index in [9.17, 15) is 4.79 Å². The summed E-state index contributed by atoms with van der Waals surface area (Å²) >= 11 is 12.9. The molecule has 2 aromatic carbocycles. The average molecular weight is 418 g/mol. The van der Waals surface area contributed by atoms with Gasteiger partial charge >= 0.3 is 0 Å². The Bertz CT molecular complexity index is 646. The summed E-state index contributed by atoms with van der Waals surface area (Å²) in [5.74, 6) is -0.105. The number of amides is 1. The van der Waals surface area contributed by atoms with E-state index in [1.165, 1.54) is 0 Å². The van der Waals surface area contributed by atoms with E-state index in [0.29, 0.717) is 17.1 Å². The summed E-state index contributed by atoms with van der Waals surface area (Å²) in [7, 11) is 1.76. The van der Waals surface area contributed by atoms with Gasteiger partial charge in [-0.2, -0.15) is 0 Å². The summed E-state index contributed by atoms with van der Waals surface area (Å²) in [6.07, 6.45) is 0. The first kappa shape index (κ1) is 15.5. The zero-order chi connectivity index (χ0) is 14.7. The predicted octanol–water partition coefficient (Wildman–Crippen LogP) is 5.14. The van der Waals surface area contributed by atoms with Crippen molar-refractivity contribution in [2.75, 3.05) is 7.05 Å². The Morgan fingerprint density at radius 2 is 1.90 bits per heavy atom. The van der Waals surface area contributed by atoms with E-state index in [2.05, 4.69) is 31.9 Å². The molecule has 2 nitrogen and oxygen atoms in total. The quantitative estimate of drug-likeness (QED) is 0.677. The minimum absolute atomic E-state index is 0.105. The van der Waals surface area contributed by atoms with E-state index in [4.69, 9.17) is 11.6 Å². The lowest BCUT2D eigenvalue weighted by Gasteiger charge is -2.19. The highest BCUT2D eigenvalue weighted by Gasteiger charge is 2.16. The van der Waals surface area contributed by atoms with Crippen molar-refractivity contribution in [2.24, 2.45) is 0 Å². The third kappa shape index (κ3) is 3.62. The molecule has 0 atom stereocenters. The van der Waals surface area contributed by atoms with E-state index < -0.39 is 0 Å². The number of halogens is 3. The molecule has 0 saturated carbocycles. The minimum atomic E-state index is -0.105. The number of nitrogens with zero attached hydrogens (tertiary/aromatic N) is 1. The van der Waals surface area contributed by atoms with Crippen molar-refractivity contribution in [3.05, 3.63) is 67.6 Å². The van der Waals surface area contributed by atoms with Gasteiger partial charge in [0.25, 0.3) is 5.91 Å². The highest BCUT2D eigenvalue weighted by Crippen LogP contribution is 2.23. The Morgan fingerprint density at radius 3 is 2.60 bits per heavy atom. The number of carbonyl (C=O) groups excluding carboxylic acids is 1. The second-order valence-corrected chi connectivity index (χ2v) is 6.55. The topological polar surface area (TPSA) is 20.3 Å². The maximum atomic E-state index is 12.4. The van der Waals surface area contributed by atoms with Crippen LogP contribution in [0.4, 0.5) is 0 Å². The normalized spacial score (nSPS) is 10.4. The first-order valence-corrected chi connectivity index (χ1v) is 7.89. The number of hydrogen-bond acceptors (Lipinski definition) is 1. The highest BCUT2D eigenvalue weighted by molar-refractivity contribution is 9.10. The van der Waals surface area contributed by atoms with Crippen molar-refractivity contribution < 1.29 is 4.79 Å². The molecule has 0 bridgehead atoms. The van der Waals surface area contributed by atoms with Crippen LogP contribution in [0.15, 0.2) is 51.4 Å². The molecule has 2 aromatic rings. The fourth-order valence-corrected chi connectivity index (χ4v) is 2.79. The first-order chi connectivity index (χ1) is 9.49. The van der Waals surface area contributed by atoms with E-state index in [1.807, 2.05) is 30.3 Å². The first-order valence-electron chi connectivity index (χ1n) is 5.93. The van der Waals surface area contributed by atoms with Crippen LogP contribution in [-0.4, -0.2) is 17.9 Å². The molecule has 2 rings (SSSR count). The summed E-state index contributed by atoms with van der Waals surface area (Å²) < 4.78 is 1.82. The monoisotopic (exact) mass is 415 g/mol. The van der Waals surface area contributed by atoms with Gasteiger partial charge in [-0.15, -0.1) is 0 Å². The van der Waals surface area contributed by atoms with Crippen molar-refractivity contribution in [3.8, 4) is 0 Å². The van der Waals surface area contributed by atoms with Crippen molar-refractivity contribution in [1.29, 1.82) is 0 Å². The SMILES string of the molecule is CN(Cc1ccccc1Br)C(=O)c1cc(Br)ccc1Cl. The Kier molecular flexibility index (Phi) is 5.24. The third-order valence-electron chi connectivity index (χ3n) is 2.87. The van der Waals surface area contributed by atoms with Crippen LogP contribution in [0.25, 0.3) is 0 Å². The van der Waals surface area contributed by atoms with Gasteiger partial charge in [0.2, 0.25) is 0 Å². The Balaban J connectivity index is 2.21. The Labute approximate surface area is 140 Å². The summed E-state index contributed by atoms with van der Waals surface area (Å²) in [6.45, 7) is 0.517. The number of benzene rings is 2. The summed E-state index contributed by atoms with van der Waals surface area (Å²) in [5, 5.41) is 0.456. The Morgan fingerprint density at radius 1 is 1.20 bits per heavy atom. The number of rotatable bonds is 3. The van der Waals surface area contributed by atoms with Crippen LogP contribution in [0.2, 0.25) is 5.02 Å². The van der Waals surface area contributed by atoms with Crippen LogP contribution in [0.3, 0.4) is 0 Å². The van der Waals surface area contributed by atoms with Gasteiger partial charge in [-0.3, -0.25) is 4.79 Å². The average Bonchev–Trinajstić information content (AvgIpc) is 2.43. The summed E-state index contributed by atoms with van der Waals surface area (Å²) in [4.78, 5) is 14.1. The largest absolute Gasteiger partial charge is 0.337 e. The molecule has 0 aliphatic heterocycles. The van der Waals surface area contributed by atoms with Crippen LogP contribution in [0.1, 0.15) is 15.9 Å². The van der Waals surface area contributed by atoms with Gasteiger partial charge in [-0.1, -0.05) is 61.7 Å². The molecule has 1 amide bonds. The molecule has 0 heterocycles. The van der Waals surface area contributed by atoms with Crippen molar-refractivity contribution >= 4 is 49.4 Å². The van der Waals surface area contributed by atoms with E-state index in [-0.39, 0.29) is 5.91 Å². The van der Waals surface area contributed by atoms with Crippen molar-refractivity contribution in [1.82, 2.24) is 4.90 Å². The predicted molar refractivity (Wildman–Crippen MR) is 89.1 cm³/mol. The van der Waals surface area contributed by atoms with Crippen molar-refractivity contribution in [3.63, 3.8) is 0 Å². The molecule has 0 unspecified atom stereocenters. The summed E-state index contributed by atoms with van der Waals surface area (Å²) in [6, 6.07) is 13.1. The third-order valence-corrected chi connectivity index (χ3v) is 4.47. The van der Waals surface area contributed by atoms with Gasteiger partial charge < -0.3 is 4.90 Å². The van der Waals surface area contributed by atoms with Gasteiger partial charge in [0.05, 0.1) is 10.6 Å². The summed E-state index contributed by atoms with van der Waals surface area (Å²) in [5.41, 5.74) is 1.55. The molecule has 0 N–H and O–H groups in total. The van der Waals surface area contributed by atoms with Gasteiger partial charge in [0.15, 0.2) is 0 Å². The molecule has 0 saturated heterocycles. The molecule has 5 heteroatoms. The van der Waals surface area contributed by atoms with Gasteiger partial charge in [-0.25, -0.2) is 0 Å². The van der Waals surface area contributed by atoms with E-state index in [1.54, 1.807) is 24.1 Å². The molecule has 0 radical (unpaired) electrons. The second kappa shape index (κ2) is 6.74.